The standard InChI is InChI=1S/C16H13N3/c1-2-4-14-12(3-1)5-6-16(18-14)19-10-8-13-7-9-17-11-15(13)19/h2,4-11H,1,3H2. The van der Waals surface area contributed by atoms with Gasteiger partial charge in [-0.3, -0.25) is 9.55 Å². The van der Waals surface area contributed by atoms with Gasteiger partial charge in [-0.05, 0) is 42.7 Å². The van der Waals surface area contributed by atoms with E-state index in [1.54, 1.807) is 0 Å². The molecule has 0 N–H and O–H groups in total. The Kier molecular flexibility index (Phi) is 2.24. The largest absolute Gasteiger partial charge is 0.300 e. The second kappa shape index (κ2) is 4.05. The summed E-state index contributed by atoms with van der Waals surface area (Å²) in [7, 11) is 0. The Bertz CT molecular complexity index is 784. The number of hydrogen-bond acceptors (Lipinski definition) is 2. The van der Waals surface area contributed by atoms with Crippen LogP contribution in [0.4, 0.5) is 0 Å². The SMILES string of the molecule is C1=Cc2nc(-n3ccc4ccncc43)ccc2CC1. The molecule has 0 radical (unpaired) electrons. The number of pyridine rings is 2. The van der Waals surface area contributed by atoms with Crippen molar-refractivity contribution in [1.82, 2.24) is 14.5 Å². The summed E-state index contributed by atoms with van der Waals surface area (Å²) in [4.78, 5) is 8.95. The molecule has 0 spiro atoms. The van der Waals surface area contributed by atoms with Crippen molar-refractivity contribution in [2.45, 2.75) is 12.8 Å². The molecule has 0 bridgehead atoms. The van der Waals surface area contributed by atoms with Crippen LogP contribution in [0.1, 0.15) is 17.7 Å². The van der Waals surface area contributed by atoms with Crippen LogP contribution in [0.15, 0.2) is 48.9 Å². The first kappa shape index (κ1) is 10.5. The minimum atomic E-state index is 0.952. The van der Waals surface area contributed by atoms with Crippen molar-refractivity contribution in [3.63, 3.8) is 0 Å². The molecule has 3 aromatic heterocycles. The number of aromatic nitrogens is 3. The number of nitrogens with zero attached hydrogens (tertiary/aromatic N) is 3. The molecule has 1 aliphatic carbocycles. The lowest BCUT2D eigenvalue weighted by Gasteiger charge is -2.12. The number of allylic oxidation sites excluding steroid dienone is 1. The molecule has 19 heavy (non-hydrogen) atoms. The fraction of sp³-hybridized carbons (Fsp3) is 0.125. The van der Waals surface area contributed by atoms with Gasteiger partial charge >= 0.3 is 0 Å². The highest BCUT2D eigenvalue weighted by atomic mass is 15.1. The lowest BCUT2D eigenvalue weighted by molar-refractivity contribution is 0.942. The molecule has 0 fully saturated rings. The van der Waals surface area contributed by atoms with Gasteiger partial charge in [0.1, 0.15) is 5.82 Å². The van der Waals surface area contributed by atoms with E-state index in [4.69, 9.17) is 4.98 Å². The number of hydrogen-bond donors (Lipinski definition) is 0. The highest BCUT2D eigenvalue weighted by Crippen LogP contribution is 2.22. The Morgan fingerprint density at radius 2 is 2.11 bits per heavy atom. The van der Waals surface area contributed by atoms with E-state index in [0.717, 1.165) is 29.9 Å². The Morgan fingerprint density at radius 1 is 1.11 bits per heavy atom. The summed E-state index contributed by atoms with van der Waals surface area (Å²) in [5.41, 5.74) is 3.52. The minimum absolute atomic E-state index is 0.952. The van der Waals surface area contributed by atoms with Gasteiger partial charge in [0.25, 0.3) is 0 Å². The van der Waals surface area contributed by atoms with E-state index in [2.05, 4.69) is 39.9 Å². The molecule has 0 atom stereocenters. The van der Waals surface area contributed by atoms with E-state index in [-0.39, 0.29) is 0 Å². The van der Waals surface area contributed by atoms with E-state index < -0.39 is 0 Å². The normalized spacial score (nSPS) is 13.7. The summed E-state index contributed by atoms with van der Waals surface area (Å²) in [6, 6.07) is 8.38. The topological polar surface area (TPSA) is 30.7 Å². The van der Waals surface area contributed by atoms with Crippen LogP contribution >= 0.6 is 0 Å². The lowest BCUT2D eigenvalue weighted by Crippen LogP contribution is -2.02. The number of rotatable bonds is 1. The molecular formula is C16H13N3. The van der Waals surface area contributed by atoms with Crippen molar-refractivity contribution in [2.24, 2.45) is 0 Å². The summed E-state index contributed by atoms with van der Waals surface area (Å²) >= 11 is 0. The molecule has 3 nitrogen and oxygen atoms in total. The van der Waals surface area contributed by atoms with Gasteiger partial charge in [0, 0.05) is 17.8 Å². The van der Waals surface area contributed by atoms with Crippen LogP contribution in [-0.2, 0) is 6.42 Å². The molecule has 0 saturated heterocycles. The molecule has 4 rings (SSSR count). The molecule has 0 aromatic carbocycles. The van der Waals surface area contributed by atoms with Crippen LogP contribution in [0.2, 0.25) is 0 Å². The van der Waals surface area contributed by atoms with E-state index in [1.165, 1.54) is 10.9 Å². The van der Waals surface area contributed by atoms with Crippen LogP contribution in [0.5, 0.6) is 0 Å². The molecular weight excluding hydrogens is 234 g/mol. The van der Waals surface area contributed by atoms with Gasteiger partial charge < -0.3 is 0 Å². The predicted octanol–water partition coefficient (Wildman–Crippen LogP) is 3.38. The predicted molar refractivity (Wildman–Crippen MR) is 76.2 cm³/mol. The van der Waals surface area contributed by atoms with Crippen LogP contribution in [-0.4, -0.2) is 14.5 Å². The molecule has 1 aliphatic rings. The molecule has 0 saturated carbocycles. The fourth-order valence-corrected chi connectivity index (χ4v) is 2.59. The summed E-state index contributed by atoms with van der Waals surface area (Å²) in [6.45, 7) is 0. The summed E-state index contributed by atoms with van der Waals surface area (Å²) in [5.74, 6) is 0.952. The Labute approximate surface area is 111 Å². The molecule has 0 unspecified atom stereocenters. The second-order valence-corrected chi connectivity index (χ2v) is 4.78. The molecule has 3 aromatic rings. The van der Waals surface area contributed by atoms with E-state index in [0.29, 0.717) is 0 Å². The lowest BCUT2D eigenvalue weighted by atomic mass is 10.0. The van der Waals surface area contributed by atoms with Gasteiger partial charge in [-0.25, -0.2) is 4.98 Å². The van der Waals surface area contributed by atoms with E-state index >= 15 is 0 Å². The number of aryl methyl sites for hydroxylation is 1. The highest BCUT2D eigenvalue weighted by molar-refractivity contribution is 5.80. The van der Waals surface area contributed by atoms with Crippen molar-refractivity contribution in [3.05, 3.63) is 60.2 Å². The van der Waals surface area contributed by atoms with Crippen molar-refractivity contribution in [1.29, 1.82) is 0 Å². The van der Waals surface area contributed by atoms with Crippen LogP contribution in [0.25, 0.3) is 22.8 Å². The zero-order chi connectivity index (χ0) is 12.7. The van der Waals surface area contributed by atoms with Gasteiger partial charge in [-0.2, -0.15) is 0 Å². The van der Waals surface area contributed by atoms with Gasteiger partial charge in [-0.1, -0.05) is 12.1 Å². The van der Waals surface area contributed by atoms with E-state index in [1.807, 2.05) is 24.7 Å². The quantitative estimate of drug-likeness (QED) is 0.660. The zero-order valence-corrected chi connectivity index (χ0v) is 10.5. The Balaban J connectivity index is 1.91. The zero-order valence-electron chi connectivity index (χ0n) is 10.5. The van der Waals surface area contributed by atoms with Gasteiger partial charge in [0.15, 0.2) is 0 Å². The molecule has 92 valence electrons. The van der Waals surface area contributed by atoms with Gasteiger partial charge in [-0.15, -0.1) is 0 Å². The second-order valence-electron chi connectivity index (χ2n) is 4.78. The fourth-order valence-electron chi connectivity index (χ4n) is 2.59. The van der Waals surface area contributed by atoms with Gasteiger partial charge in [0.05, 0.1) is 17.4 Å². The summed E-state index contributed by atoms with van der Waals surface area (Å²) in [6.07, 6.45) is 12.3. The molecule has 3 heterocycles. The van der Waals surface area contributed by atoms with Crippen LogP contribution < -0.4 is 0 Å². The Morgan fingerprint density at radius 3 is 3.11 bits per heavy atom. The average Bonchev–Trinajstić information content (AvgIpc) is 2.91. The first-order chi connectivity index (χ1) is 9.42. The third-order valence-electron chi connectivity index (χ3n) is 3.60. The van der Waals surface area contributed by atoms with Crippen molar-refractivity contribution in [2.75, 3.05) is 0 Å². The van der Waals surface area contributed by atoms with Crippen molar-refractivity contribution >= 4 is 17.0 Å². The maximum absolute atomic E-state index is 4.75. The molecule has 3 heteroatoms. The molecule has 0 amide bonds. The first-order valence-electron chi connectivity index (χ1n) is 6.50. The third-order valence-corrected chi connectivity index (χ3v) is 3.60. The molecule has 0 aliphatic heterocycles. The summed E-state index contributed by atoms with van der Waals surface area (Å²) < 4.78 is 2.09. The monoisotopic (exact) mass is 247 g/mol. The minimum Gasteiger partial charge on any atom is -0.300 e. The van der Waals surface area contributed by atoms with Gasteiger partial charge in [0.2, 0.25) is 0 Å². The smallest absolute Gasteiger partial charge is 0.137 e. The Hall–Kier alpha value is -2.42. The third kappa shape index (κ3) is 1.66. The summed E-state index contributed by atoms with van der Waals surface area (Å²) in [5, 5.41) is 1.19. The van der Waals surface area contributed by atoms with Crippen molar-refractivity contribution < 1.29 is 0 Å². The first-order valence-corrected chi connectivity index (χ1v) is 6.50. The van der Waals surface area contributed by atoms with Crippen LogP contribution in [0.3, 0.4) is 0 Å². The maximum atomic E-state index is 4.75. The number of fused-ring (bicyclic) bond motifs is 2. The van der Waals surface area contributed by atoms with Crippen LogP contribution in [0, 0.1) is 0 Å². The van der Waals surface area contributed by atoms with E-state index in [9.17, 15) is 0 Å². The maximum Gasteiger partial charge on any atom is 0.137 e. The highest BCUT2D eigenvalue weighted by Gasteiger charge is 2.09. The average molecular weight is 247 g/mol. The van der Waals surface area contributed by atoms with Crippen molar-refractivity contribution in [3.8, 4) is 5.82 Å².